The van der Waals surface area contributed by atoms with Crippen molar-refractivity contribution in [2.45, 2.75) is 32.9 Å². The average Bonchev–Trinajstić information content (AvgIpc) is 2.38. The van der Waals surface area contributed by atoms with E-state index in [-0.39, 0.29) is 5.91 Å². The van der Waals surface area contributed by atoms with Crippen LogP contribution in [0, 0.1) is 0 Å². The van der Waals surface area contributed by atoms with Crippen LogP contribution in [0.4, 0.5) is 0 Å². The van der Waals surface area contributed by atoms with Gasteiger partial charge in [-0.3, -0.25) is 4.79 Å². The first-order chi connectivity index (χ1) is 9.41. The van der Waals surface area contributed by atoms with E-state index in [2.05, 4.69) is 19.2 Å². The molecule has 0 unspecified atom stereocenters. The molecule has 0 radical (unpaired) electrons. The number of nitrogens with one attached hydrogen (secondary N) is 1. The van der Waals surface area contributed by atoms with Gasteiger partial charge in [0.2, 0.25) is 5.91 Å². The van der Waals surface area contributed by atoms with Crippen LogP contribution in [0.2, 0.25) is 5.02 Å². The Morgan fingerprint density at radius 2 is 2.10 bits per heavy atom. The van der Waals surface area contributed by atoms with Crippen molar-refractivity contribution in [3.8, 4) is 5.75 Å². The minimum absolute atomic E-state index is 0.0407. The number of ether oxygens (including phenoxy) is 1. The summed E-state index contributed by atoms with van der Waals surface area (Å²) in [6.07, 6.45) is 0.343. The third kappa shape index (κ3) is 5.39. The van der Waals surface area contributed by atoms with Gasteiger partial charge in [-0.15, -0.1) is 0 Å². The third-order valence-corrected chi connectivity index (χ3v) is 3.11. The lowest BCUT2D eigenvalue weighted by Crippen LogP contribution is -2.24. The van der Waals surface area contributed by atoms with E-state index in [1.165, 1.54) is 0 Å². The van der Waals surface area contributed by atoms with Crippen LogP contribution in [0.5, 0.6) is 5.75 Å². The number of rotatable bonds is 7. The van der Waals surface area contributed by atoms with Gasteiger partial charge in [0.05, 0.1) is 18.1 Å². The van der Waals surface area contributed by atoms with Crippen LogP contribution in [0.1, 0.15) is 25.8 Å². The van der Waals surface area contributed by atoms with Gasteiger partial charge in [-0.05, 0) is 6.07 Å². The Kier molecular flexibility index (Phi) is 6.82. The van der Waals surface area contributed by atoms with Gasteiger partial charge < -0.3 is 15.0 Å². The molecule has 0 aromatic heterocycles. The van der Waals surface area contributed by atoms with Crippen molar-refractivity contribution in [1.29, 1.82) is 0 Å². The molecule has 112 valence electrons. The summed E-state index contributed by atoms with van der Waals surface area (Å²) in [4.78, 5) is 13.1. The molecular formula is C15H23ClN2O2. The van der Waals surface area contributed by atoms with E-state index in [4.69, 9.17) is 16.3 Å². The molecule has 5 heteroatoms. The van der Waals surface area contributed by atoms with Gasteiger partial charge in [0, 0.05) is 32.2 Å². The normalized spacial score (nSPS) is 10.7. The molecule has 1 rings (SSSR count). The fraction of sp³-hybridized carbons (Fsp3) is 0.533. The number of carbonyl (C=O) groups excluding carboxylic acids is 1. The van der Waals surface area contributed by atoms with Gasteiger partial charge in [0.25, 0.3) is 0 Å². The molecule has 0 aliphatic heterocycles. The molecule has 0 fully saturated rings. The largest absolute Gasteiger partial charge is 0.491 e. The summed E-state index contributed by atoms with van der Waals surface area (Å²) >= 11 is 6.17. The highest BCUT2D eigenvalue weighted by Crippen LogP contribution is 2.28. The van der Waals surface area contributed by atoms with Crippen molar-refractivity contribution in [3.63, 3.8) is 0 Å². The molecule has 0 atom stereocenters. The predicted molar refractivity (Wildman–Crippen MR) is 82.2 cm³/mol. The monoisotopic (exact) mass is 298 g/mol. The van der Waals surface area contributed by atoms with Crippen molar-refractivity contribution < 1.29 is 9.53 Å². The van der Waals surface area contributed by atoms with Crippen molar-refractivity contribution in [2.24, 2.45) is 0 Å². The van der Waals surface area contributed by atoms with E-state index in [0.29, 0.717) is 36.4 Å². The van der Waals surface area contributed by atoms with Crippen LogP contribution in [0.3, 0.4) is 0 Å². The molecular weight excluding hydrogens is 276 g/mol. The summed E-state index contributed by atoms with van der Waals surface area (Å²) in [6, 6.07) is 6.06. The number of halogens is 1. The Hall–Kier alpha value is -1.26. The molecule has 1 aromatic rings. The average molecular weight is 299 g/mol. The Labute approximate surface area is 126 Å². The number of amides is 1. The first kappa shape index (κ1) is 16.8. The van der Waals surface area contributed by atoms with Crippen LogP contribution in [0.25, 0.3) is 0 Å². The Bertz CT molecular complexity index is 447. The fourth-order valence-electron chi connectivity index (χ4n) is 1.63. The number of para-hydroxylation sites is 1. The summed E-state index contributed by atoms with van der Waals surface area (Å²) < 4.78 is 5.70. The van der Waals surface area contributed by atoms with Crippen LogP contribution in [-0.4, -0.2) is 37.6 Å². The lowest BCUT2D eigenvalue weighted by atomic mass is 10.2. The second kappa shape index (κ2) is 8.12. The highest BCUT2D eigenvalue weighted by molar-refractivity contribution is 6.32. The summed E-state index contributed by atoms with van der Waals surface area (Å²) in [6.45, 7) is 5.19. The number of hydrogen-bond acceptors (Lipinski definition) is 3. The quantitative estimate of drug-likeness (QED) is 0.841. The van der Waals surface area contributed by atoms with Gasteiger partial charge in [0.15, 0.2) is 0 Å². The highest BCUT2D eigenvalue weighted by atomic mass is 35.5. The van der Waals surface area contributed by atoms with Crippen molar-refractivity contribution in [1.82, 2.24) is 10.2 Å². The maximum atomic E-state index is 11.5. The topological polar surface area (TPSA) is 41.6 Å². The van der Waals surface area contributed by atoms with E-state index in [0.717, 1.165) is 5.56 Å². The maximum absolute atomic E-state index is 11.5. The summed E-state index contributed by atoms with van der Waals surface area (Å²) in [5.74, 6) is 0.702. The smallest absolute Gasteiger partial charge is 0.225 e. The van der Waals surface area contributed by atoms with Crippen LogP contribution in [-0.2, 0) is 11.3 Å². The van der Waals surface area contributed by atoms with Gasteiger partial charge in [0.1, 0.15) is 5.75 Å². The van der Waals surface area contributed by atoms with Gasteiger partial charge in [-0.1, -0.05) is 37.6 Å². The molecule has 1 N–H and O–H groups in total. The molecule has 0 aliphatic carbocycles. The summed E-state index contributed by atoms with van der Waals surface area (Å²) in [5.41, 5.74) is 1.00. The molecule has 4 nitrogen and oxygen atoms in total. The second-order valence-corrected chi connectivity index (χ2v) is 5.56. The van der Waals surface area contributed by atoms with Crippen molar-refractivity contribution in [2.75, 3.05) is 20.7 Å². The van der Waals surface area contributed by atoms with Gasteiger partial charge >= 0.3 is 0 Å². The SMILES string of the molecule is CC(C)NCc1cccc(Cl)c1OCCC(=O)N(C)C. The first-order valence-corrected chi connectivity index (χ1v) is 7.13. The van der Waals surface area contributed by atoms with E-state index < -0.39 is 0 Å². The fourth-order valence-corrected chi connectivity index (χ4v) is 1.88. The number of carbonyl (C=O) groups is 1. The molecule has 20 heavy (non-hydrogen) atoms. The Morgan fingerprint density at radius 3 is 2.70 bits per heavy atom. The van der Waals surface area contributed by atoms with E-state index >= 15 is 0 Å². The third-order valence-electron chi connectivity index (χ3n) is 2.81. The minimum Gasteiger partial charge on any atom is -0.491 e. The minimum atomic E-state index is 0.0407. The summed E-state index contributed by atoms with van der Waals surface area (Å²) in [5, 5.41) is 3.91. The van der Waals surface area contributed by atoms with Crippen LogP contribution >= 0.6 is 11.6 Å². The molecule has 0 spiro atoms. The molecule has 0 saturated heterocycles. The molecule has 1 amide bonds. The van der Waals surface area contributed by atoms with Gasteiger partial charge in [-0.2, -0.15) is 0 Å². The van der Waals surface area contributed by atoms with Crippen LogP contribution in [0.15, 0.2) is 18.2 Å². The zero-order valence-corrected chi connectivity index (χ0v) is 13.3. The number of nitrogens with zero attached hydrogens (tertiary/aromatic N) is 1. The molecule has 0 heterocycles. The number of hydrogen-bond donors (Lipinski definition) is 1. The van der Waals surface area contributed by atoms with Crippen molar-refractivity contribution in [3.05, 3.63) is 28.8 Å². The summed E-state index contributed by atoms with van der Waals surface area (Å²) in [7, 11) is 3.46. The zero-order chi connectivity index (χ0) is 15.1. The van der Waals surface area contributed by atoms with E-state index in [1.54, 1.807) is 25.1 Å². The predicted octanol–water partition coefficient (Wildman–Crippen LogP) is 2.70. The standard InChI is InChI=1S/C15H23ClN2O2/c1-11(2)17-10-12-6-5-7-13(16)15(12)20-9-8-14(19)18(3)4/h5-7,11,17H,8-10H2,1-4H3. The van der Waals surface area contributed by atoms with Crippen LogP contribution < -0.4 is 10.1 Å². The molecule has 0 bridgehead atoms. The lowest BCUT2D eigenvalue weighted by molar-refractivity contribution is -0.129. The highest BCUT2D eigenvalue weighted by Gasteiger charge is 2.10. The molecule has 0 saturated carbocycles. The Balaban J connectivity index is 2.65. The van der Waals surface area contributed by atoms with E-state index in [1.807, 2.05) is 12.1 Å². The van der Waals surface area contributed by atoms with Crippen molar-refractivity contribution >= 4 is 17.5 Å². The van der Waals surface area contributed by atoms with E-state index in [9.17, 15) is 4.79 Å². The zero-order valence-electron chi connectivity index (χ0n) is 12.6. The molecule has 0 aliphatic rings. The van der Waals surface area contributed by atoms with Gasteiger partial charge in [-0.25, -0.2) is 0 Å². The second-order valence-electron chi connectivity index (χ2n) is 5.15. The Morgan fingerprint density at radius 1 is 1.40 bits per heavy atom. The maximum Gasteiger partial charge on any atom is 0.225 e. The number of benzene rings is 1. The lowest BCUT2D eigenvalue weighted by Gasteiger charge is -2.16. The first-order valence-electron chi connectivity index (χ1n) is 6.75. The molecule has 1 aromatic carbocycles.